The van der Waals surface area contributed by atoms with Crippen LogP contribution in [0.25, 0.3) is 11.1 Å². The maximum absolute atomic E-state index is 15.0. The lowest BCUT2D eigenvalue weighted by molar-refractivity contribution is -0.189. The summed E-state index contributed by atoms with van der Waals surface area (Å²) in [5.41, 5.74) is -1.56. The van der Waals surface area contributed by atoms with E-state index in [-0.39, 0.29) is 29.2 Å². The fraction of sp³-hybridized carbons (Fsp3) is 0.379. The summed E-state index contributed by atoms with van der Waals surface area (Å²) in [6.07, 6.45) is 2.75. The molecule has 0 bridgehead atoms. The third kappa shape index (κ3) is 5.97. The van der Waals surface area contributed by atoms with E-state index in [1.165, 1.54) is 25.0 Å². The molecule has 0 heterocycles. The molecule has 3 aromatic rings. The van der Waals surface area contributed by atoms with Crippen molar-refractivity contribution < 1.29 is 39.9 Å². The van der Waals surface area contributed by atoms with E-state index in [0.717, 1.165) is 37.7 Å². The minimum Gasteiger partial charge on any atom is -0.429 e. The van der Waals surface area contributed by atoms with Crippen molar-refractivity contribution >= 4 is 0 Å². The van der Waals surface area contributed by atoms with Gasteiger partial charge in [-0.25, -0.2) is 26.3 Å². The van der Waals surface area contributed by atoms with Gasteiger partial charge in [-0.15, -0.1) is 0 Å². The highest BCUT2D eigenvalue weighted by Crippen LogP contribution is 2.40. The summed E-state index contributed by atoms with van der Waals surface area (Å²) in [6.45, 7) is 2.15. The van der Waals surface area contributed by atoms with Crippen LogP contribution in [0.5, 0.6) is 5.75 Å². The second kappa shape index (κ2) is 11.3. The van der Waals surface area contributed by atoms with E-state index < -0.39 is 52.3 Å². The summed E-state index contributed by atoms with van der Waals surface area (Å²) in [5.74, 6) is -10.2. The van der Waals surface area contributed by atoms with Crippen LogP contribution in [0.2, 0.25) is 0 Å². The van der Waals surface area contributed by atoms with Crippen molar-refractivity contribution in [3.05, 3.63) is 88.5 Å². The zero-order chi connectivity index (χ0) is 27.6. The molecule has 204 valence electrons. The largest absolute Gasteiger partial charge is 0.432 e. The number of hydrogen-bond donors (Lipinski definition) is 0. The fourth-order valence-electron chi connectivity index (χ4n) is 5.09. The van der Waals surface area contributed by atoms with E-state index in [0.29, 0.717) is 18.1 Å². The summed E-state index contributed by atoms with van der Waals surface area (Å²) in [5, 5.41) is 0. The monoisotopic (exact) mass is 542 g/mol. The molecule has 0 spiro atoms. The maximum Gasteiger partial charge on any atom is 0.432 e. The average Bonchev–Trinajstić information content (AvgIpc) is 2.85. The lowest BCUT2D eigenvalue weighted by Crippen LogP contribution is -2.25. The highest BCUT2D eigenvalue weighted by Gasteiger charge is 2.41. The van der Waals surface area contributed by atoms with E-state index >= 15 is 4.39 Å². The predicted octanol–water partition coefficient (Wildman–Crippen LogP) is 9.78. The van der Waals surface area contributed by atoms with Crippen molar-refractivity contribution in [3.8, 4) is 16.9 Å². The number of unbranched alkanes of at least 4 members (excludes halogenated alkanes) is 1. The van der Waals surface area contributed by atoms with Gasteiger partial charge in [0.15, 0.2) is 17.5 Å². The number of alkyl halides is 2. The Balaban J connectivity index is 1.54. The first-order chi connectivity index (χ1) is 18.0. The second-order valence-electron chi connectivity index (χ2n) is 9.73. The van der Waals surface area contributed by atoms with Crippen molar-refractivity contribution in [2.75, 3.05) is 0 Å². The third-order valence-electron chi connectivity index (χ3n) is 7.12. The Morgan fingerprint density at radius 3 is 1.92 bits per heavy atom. The van der Waals surface area contributed by atoms with Crippen molar-refractivity contribution in [1.29, 1.82) is 0 Å². The Labute approximate surface area is 215 Å². The van der Waals surface area contributed by atoms with Crippen LogP contribution in [0.1, 0.15) is 68.9 Å². The molecule has 0 saturated heterocycles. The van der Waals surface area contributed by atoms with Crippen molar-refractivity contribution in [2.24, 2.45) is 5.92 Å². The smallest absolute Gasteiger partial charge is 0.429 e. The zero-order valence-corrected chi connectivity index (χ0v) is 20.6. The van der Waals surface area contributed by atoms with Gasteiger partial charge in [0, 0.05) is 17.7 Å². The molecule has 0 N–H and O–H groups in total. The molecule has 1 aliphatic carbocycles. The maximum atomic E-state index is 15.0. The molecule has 38 heavy (non-hydrogen) atoms. The summed E-state index contributed by atoms with van der Waals surface area (Å²) in [4.78, 5) is 0. The van der Waals surface area contributed by atoms with Crippen LogP contribution in [-0.4, -0.2) is 0 Å². The number of rotatable bonds is 8. The van der Waals surface area contributed by atoms with Gasteiger partial charge in [-0.05, 0) is 66.8 Å². The quantitative estimate of drug-likeness (QED) is 0.203. The summed E-state index contributed by atoms with van der Waals surface area (Å²) in [6, 6.07) is 5.63. The van der Waals surface area contributed by atoms with E-state index in [2.05, 4.69) is 11.7 Å². The van der Waals surface area contributed by atoms with Gasteiger partial charge in [0.2, 0.25) is 0 Å². The molecule has 0 amide bonds. The van der Waals surface area contributed by atoms with E-state index in [4.69, 9.17) is 0 Å². The molecule has 9 heteroatoms. The molecule has 1 fully saturated rings. The lowest BCUT2D eigenvalue weighted by atomic mass is 9.77. The van der Waals surface area contributed by atoms with Crippen molar-refractivity contribution in [1.82, 2.24) is 0 Å². The van der Waals surface area contributed by atoms with E-state index in [9.17, 15) is 30.7 Å². The number of halogens is 8. The highest BCUT2D eigenvalue weighted by molar-refractivity contribution is 5.65. The standard InChI is InChI=1S/C29H26F8O/c1-2-3-4-16-5-7-17(8-6-16)18-9-10-21(22(30)11-18)19-12-23(31)27(24(32)13-19)29(36,37)38-20-14-25(33)28(35)26(34)15-20/h9-17H,2-8H2,1H3. The molecule has 0 atom stereocenters. The number of benzene rings is 3. The van der Waals surface area contributed by atoms with Crippen molar-refractivity contribution in [2.45, 2.75) is 63.9 Å². The Morgan fingerprint density at radius 1 is 0.763 bits per heavy atom. The average molecular weight is 543 g/mol. The zero-order valence-electron chi connectivity index (χ0n) is 20.6. The van der Waals surface area contributed by atoms with Crippen LogP contribution in [-0.2, 0) is 6.11 Å². The molecule has 1 aliphatic rings. The van der Waals surface area contributed by atoms with Crippen LogP contribution in [0.3, 0.4) is 0 Å². The van der Waals surface area contributed by atoms with E-state index in [1.54, 1.807) is 6.07 Å². The van der Waals surface area contributed by atoms with Crippen molar-refractivity contribution in [3.63, 3.8) is 0 Å². The third-order valence-corrected chi connectivity index (χ3v) is 7.12. The molecule has 3 aromatic carbocycles. The van der Waals surface area contributed by atoms with Crippen LogP contribution >= 0.6 is 0 Å². The molecule has 0 unspecified atom stereocenters. The second-order valence-corrected chi connectivity index (χ2v) is 9.73. The van der Waals surface area contributed by atoms with Gasteiger partial charge in [-0.1, -0.05) is 38.3 Å². The Hall–Kier alpha value is -3.10. The molecule has 0 aliphatic heterocycles. The van der Waals surface area contributed by atoms with Crippen LogP contribution in [0.15, 0.2) is 42.5 Å². The molecule has 4 rings (SSSR count). The first-order valence-corrected chi connectivity index (χ1v) is 12.5. The molecule has 0 radical (unpaired) electrons. The van der Waals surface area contributed by atoms with Gasteiger partial charge in [-0.3, -0.25) is 0 Å². The first kappa shape index (κ1) is 27.9. The summed E-state index contributed by atoms with van der Waals surface area (Å²) in [7, 11) is 0. The topological polar surface area (TPSA) is 9.23 Å². The molecular formula is C29H26F8O. The number of hydrogen-bond acceptors (Lipinski definition) is 1. The van der Waals surface area contributed by atoms with Crippen LogP contribution in [0.4, 0.5) is 35.1 Å². The Kier molecular flexibility index (Phi) is 8.33. The molecular weight excluding hydrogens is 516 g/mol. The normalized spacial score (nSPS) is 18.0. The molecule has 0 aromatic heterocycles. The SMILES string of the molecule is CCCCC1CCC(c2ccc(-c3cc(F)c(C(F)(F)Oc4cc(F)c(F)c(F)c4)c(F)c3)c(F)c2)CC1. The van der Waals surface area contributed by atoms with Gasteiger partial charge in [0.05, 0.1) is 0 Å². The first-order valence-electron chi connectivity index (χ1n) is 12.5. The fourth-order valence-corrected chi connectivity index (χ4v) is 5.09. The molecule has 1 saturated carbocycles. The van der Waals surface area contributed by atoms with Gasteiger partial charge in [0.25, 0.3) is 0 Å². The highest BCUT2D eigenvalue weighted by atomic mass is 19.3. The molecule has 1 nitrogen and oxygen atoms in total. The number of ether oxygens (including phenoxy) is 1. The van der Waals surface area contributed by atoms with Gasteiger partial charge in [-0.2, -0.15) is 8.78 Å². The predicted molar refractivity (Wildman–Crippen MR) is 127 cm³/mol. The summed E-state index contributed by atoms with van der Waals surface area (Å²) >= 11 is 0. The Bertz CT molecular complexity index is 1250. The lowest BCUT2D eigenvalue weighted by Gasteiger charge is -2.29. The van der Waals surface area contributed by atoms with Gasteiger partial charge >= 0.3 is 6.11 Å². The summed E-state index contributed by atoms with van der Waals surface area (Å²) < 4.78 is 117. The van der Waals surface area contributed by atoms with E-state index in [1.807, 2.05) is 0 Å². The van der Waals surface area contributed by atoms with Gasteiger partial charge in [0.1, 0.15) is 28.8 Å². The Morgan fingerprint density at radius 2 is 1.37 bits per heavy atom. The minimum absolute atomic E-state index is 0.116. The van der Waals surface area contributed by atoms with Crippen LogP contribution < -0.4 is 4.74 Å². The minimum atomic E-state index is -4.72. The van der Waals surface area contributed by atoms with Crippen LogP contribution in [0, 0.1) is 40.8 Å². The van der Waals surface area contributed by atoms with Gasteiger partial charge < -0.3 is 4.74 Å².